The number of hydrogen-bond acceptors (Lipinski definition) is 7. The number of anilines is 1. The van der Waals surface area contributed by atoms with Gasteiger partial charge in [-0.05, 0) is 49.9 Å². The van der Waals surface area contributed by atoms with E-state index >= 15 is 0 Å². The van der Waals surface area contributed by atoms with E-state index in [1.54, 1.807) is 35.3 Å². The van der Waals surface area contributed by atoms with Gasteiger partial charge in [-0.1, -0.05) is 0 Å². The molecule has 2 N–H and O–H groups in total. The average Bonchev–Trinajstić information content (AvgIpc) is 3.31. The summed E-state index contributed by atoms with van der Waals surface area (Å²) >= 11 is 0. The predicted molar refractivity (Wildman–Crippen MR) is 114 cm³/mol. The summed E-state index contributed by atoms with van der Waals surface area (Å²) in [6.07, 6.45) is 8.24. The molecule has 8 nitrogen and oxygen atoms in total. The van der Waals surface area contributed by atoms with Crippen LogP contribution in [0.25, 0.3) is 11.3 Å². The van der Waals surface area contributed by atoms with Gasteiger partial charge in [0.05, 0.1) is 18.1 Å². The third kappa shape index (κ3) is 3.70. The van der Waals surface area contributed by atoms with E-state index in [9.17, 15) is 5.11 Å². The van der Waals surface area contributed by atoms with Crippen molar-refractivity contribution in [3.8, 4) is 28.5 Å². The predicted octanol–water partition coefficient (Wildman–Crippen LogP) is 3.09. The van der Waals surface area contributed by atoms with Crippen LogP contribution >= 0.6 is 0 Å². The number of hydrogen-bond donors (Lipinski definition) is 2. The molecule has 2 fully saturated rings. The molecule has 2 aliphatic heterocycles. The smallest absolute Gasteiger partial charge is 0.165 e. The highest BCUT2D eigenvalue weighted by molar-refractivity contribution is 5.68. The number of benzene rings is 1. The lowest BCUT2D eigenvalue weighted by molar-refractivity contribution is 0.353. The molecular formula is C22H26N6O2. The summed E-state index contributed by atoms with van der Waals surface area (Å²) in [6.45, 7) is 0. The number of fused-ring (bicyclic) bond motifs is 2. The molecule has 3 aromatic rings. The molecule has 0 aliphatic carbocycles. The lowest BCUT2D eigenvalue weighted by atomic mass is 9.98. The minimum absolute atomic E-state index is 0.0988. The summed E-state index contributed by atoms with van der Waals surface area (Å²) in [5, 5.41) is 27.1. The molecular weight excluding hydrogens is 380 g/mol. The maximum Gasteiger partial charge on any atom is 0.165 e. The van der Waals surface area contributed by atoms with Crippen LogP contribution in [0.1, 0.15) is 25.7 Å². The number of phenols is 1. The quantitative estimate of drug-likeness (QED) is 0.673. The van der Waals surface area contributed by atoms with E-state index in [1.807, 2.05) is 19.2 Å². The third-order valence-electron chi connectivity index (χ3n) is 6.17. The first-order chi connectivity index (χ1) is 14.5. The van der Waals surface area contributed by atoms with Crippen LogP contribution < -0.4 is 15.0 Å². The molecule has 2 unspecified atom stereocenters. The maximum absolute atomic E-state index is 10.5. The van der Waals surface area contributed by atoms with Gasteiger partial charge in [-0.3, -0.25) is 4.68 Å². The van der Waals surface area contributed by atoms with Crippen molar-refractivity contribution in [2.75, 3.05) is 11.9 Å². The fourth-order valence-electron chi connectivity index (χ4n) is 4.57. The number of nitrogens with zero attached hydrogens (tertiary/aromatic N) is 5. The number of nitrogens with one attached hydrogen (secondary N) is 1. The SMILES string of the molecule is CN(c1ccc(-c2ccc(Oc3cnn(C)c3)cc2O)nn1)C1CC2CCC(C1)N2. The molecule has 0 amide bonds. The summed E-state index contributed by atoms with van der Waals surface area (Å²) in [5.74, 6) is 2.11. The highest BCUT2D eigenvalue weighted by atomic mass is 16.5. The van der Waals surface area contributed by atoms with Gasteiger partial charge in [0.2, 0.25) is 0 Å². The lowest BCUT2D eigenvalue weighted by Gasteiger charge is -2.36. The first-order valence-electron chi connectivity index (χ1n) is 10.4. The van der Waals surface area contributed by atoms with E-state index in [0.29, 0.717) is 40.9 Å². The number of phenolic OH excluding ortho intramolecular Hbond substituents is 1. The van der Waals surface area contributed by atoms with Crippen molar-refractivity contribution in [2.45, 2.75) is 43.8 Å². The third-order valence-corrected chi connectivity index (χ3v) is 6.17. The second-order valence-electron chi connectivity index (χ2n) is 8.28. The van der Waals surface area contributed by atoms with Crippen molar-refractivity contribution in [2.24, 2.45) is 7.05 Å². The van der Waals surface area contributed by atoms with E-state index in [-0.39, 0.29) is 5.75 Å². The molecule has 2 aromatic heterocycles. The normalized spacial score (nSPS) is 22.8. The van der Waals surface area contributed by atoms with E-state index < -0.39 is 0 Å². The fourth-order valence-corrected chi connectivity index (χ4v) is 4.57. The van der Waals surface area contributed by atoms with Crippen molar-refractivity contribution >= 4 is 5.82 Å². The Labute approximate surface area is 175 Å². The zero-order valence-corrected chi connectivity index (χ0v) is 17.2. The van der Waals surface area contributed by atoms with Crippen LogP contribution in [0.15, 0.2) is 42.7 Å². The second kappa shape index (κ2) is 7.60. The highest BCUT2D eigenvalue weighted by Gasteiger charge is 2.35. The van der Waals surface area contributed by atoms with Crippen LogP contribution in [-0.4, -0.2) is 50.3 Å². The number of aromatic hydroxyl groups is 1. The Morgan fingerprint density at radius 1 is 1.10 bits per heavy atom. The zero-order valence-electron chi connectivity index (χ0n) is 17.2. The summed E-state index contributed by atoms with van der Waals surface area (Å²) < 4.78 is 7.38. The molecule has 2 saturated heterocycles. The fraction of sp³-hybridized carbons (Fsp3) is 0.409. The molecule has 5 rings (SSSR count). The molecule has 156 valence electrons. The molecule has 4 heterocycles. The lowest BCUT2D eigenvalue weighted by Crippen LogP contribution is -2.47. The highest BCUT2D eigenvalue weighted by Crippen LogP contribution is 2.34. The number of aromatic nitrogens is 4. The number of aryl methyl sites for hydroxylation is 1. The molecule has 0 spiro atoms. The molecule has 1 aromatic carbocycles. The van der Waals surface area contributed by atoms with Gasteiger partial charge in [0.25, 0.3) is 0 Å². The number of ether oxygens (including phenoxy) is 1. The van der Waals surface area contributed by atoms with Crippen LogP contribution in [0.5, 0.6) is 17.2 Å². The Morgan fingerprint density at radius 3 is 2.53 bits per heavy atom. The Hall–Kier alpha value is -3.13. The minimum atomic E-state index is 0.0988. The van der Waals surface area contributed by atoms with E-state index in [0.717, 1.165) is 18.7 Å². The first kappa shape index (κ1) is 18.9. The zero-order chi connectivity index (χ0) is 20.7. The molecule has 2 atom stereocenters. The molecule has 2 aliphatic rings. The Morgan fingerprint density at radius 2 is 1.90 bits per heavy atom. The van der Waals surface area contributed by atoms with Gasteiger partial charge in [-0.2, -0.15) is 5.10 Å². The van der Waals surface area contributed by atoms with Gasteiger partial charge in [0, 0.05) is 43.9 Å². The van der Waals surface area contributed by atoms with Crippen molar-refractivity contribution < 1.29 is 9.84 Å². The largest absolute Gasteiger partial charge is 0.507 e. The van der Waals surface area contributed by atoms with E-state index in [2.05, 4.69) is 32.6 Å². The number of rotatable bonds is 5. The molecule has 30 heavy (non-hydrogen) atoms. The second-order valence-corrected chi connectivity index (χ2v) is 8.28. The topological polar surface area (TPSA) is 88.3 Å². The summed E-state index contributed by atoms with van der Waals surface area (Å²) in [5.41, 5.74) is 1.25. The van der Waals surface area contributed by atoms with Crippen LogP contribution in [0, 0.1) is 0 Å². The van der Waals surface area contributed by atoms with Crippen LogP contribution in [-0.2, 0) is 7.05 Å². The van der Waals surface area contributed by atoms with E-state index in [1.165, 1.54) is 12.8 Å². The van der Waals surface area contributed by atoms with Gasteiger partial charge in [-0.25, -0.2) is 0 Å². The summed E-state index contributed by atoms with van der Waals surface area (Å²) in [6, 6.07) is 10.8. The molecule has 2 bridgehead atoms. The standard InChI is InChI=1S/C22H26N6O2/c1-27-13-18(12-23-27)30-17-5-6-19(21(29)11-17)20-7-8-22(26-25-20)28(2)16-9-14-3-4-15(10-16)24-14/h5-8,11-16,24,29H,3-4,9-10H2,1-2H3. The van der Waals surface area contributed by atoms with Gasteiger partial charge in [-0.15, -0.1) is 10.2 Å². The van der Waals surface area contributed by atoms with Crippen molar-refractivity contribution in [1.82, 2.24) is 25.3 Å². The molecule has 8 heteroatoms. The maximum atomic E-state index is 10.5. The van der Waals surface area contributed by atoms with Crippen LogP contribution in [0.4, 0.5) is 5.82 Å². The van der Waals surface area contributed by atoms with Crippen LogP contribution in [0.3, 0.4) is 0 Å². The van der Waals surface area contributed by atoms with Gasteiger partial charge in [0.1, 0.15) is 11.5 Å². The Kier molecular flexibility index (Phi) is 4.78. The van der Waals surface area contributed by atoms with Crippen molar-refractivity contribution in [3.63, 3.8) is 0 Å². The van der Waals surface area contributed by atoms with Crippen LogP contribution in [0.2, 0.25) is 0 Å². The number of piperidine rings is 1. The minimum Gasteiger partial charge on any atom is -0.507 e. The Bertz CT molecular complexity index is 1020. The summed E-state index contributed by atoms with van der Waals surface area (Å²) in [4.78, 5) is 2.24. The molecule has 0 radical (unpaired) electrons. The molecule has 0 saturated carbocycles. The Balaban J connectivity index is 1.30. The first-order valence-corrected chi connectivity index (χ1v) is 10.4. The average molecular weight is 406 g/mol. The van der Waals surface area contributed by atoms with Gasteiger partial charge >= 0.3 is 0 Å². The van der Waals surface area contributed by atoms with Gasteiger partial charge in [0.15, 0.2) is 11.6 Å². The van der Waals surface area contributed by atoms with E-state index in [4.69, 9.17) is 4.74 Å². The summed E-state index contributed by atoms with van der Waals surface area (Å²) in [7, 11) is 3.92. The van der Waals surface area contributed by atoms with Gasteiger partial charge < -0.3 is 20.1 Å². The monoisotopic (exact) mass is 406 g/mol. The van der Waals surface area contributed by atoms with Crippen molar-refractivity contribution in [3.05, 3.63) is 42.7 Å². The van der Waals surface area contributed by atoms with Crippen molar-refractivity contribution in [1.29, 1.82) is 0 Å².